The van der Waals surface area contributed by atoms with E-state index in [0.717, 1.165) is 19.4 Å². The van der Waals surface area contributed by atoms with Crippen molar-refractivity contribution in [1.82, 2.24) is 0 Å². The van der Waals surface area contributed by atoms with E-state index in [4.69, 9.17) is 9.47 Å². The van der Waals surface area contributed by atoms with Crippen LogP contribution < -0.4 is 0 Å². The van der Waals surface area contributed by atoms with Crippen LogP contribution in [0.1, 0.15) is 26.7 Å². The first-order valence-electron chi connectivity index (χ1n) is 3.87. The minimum Gasteiger partial charge on any atom is -0.353 e. The molecular formula is C8H17O2. The van der Waals surface area contributed by atoms with E-state index in [1.807, 2.05) is 6.92 Å². The molecule has 0 heterocycles. The monoisotopic (exact) mass is 145 g/mol. The highest BCUT2D eigenvalue weighted by atomic mass is 16.7. The molecule has 0 bridgehead atoms. The molecule has 0 N–H and O–H groups in total. The summed E-state index contributed by atoms with van der Waals surface area (Å²) in [6.45, 7) is 9.14. The molecule has 2 nitrogen and oxygen atoms in total. The van der Waals surface area contributed by atoms with Crippen molar-refractivity contribution < 1.29 is 9.47 Å². The third kappa shape index (κ3) is 6.05. The first-order valence-corrected chi connectivity index (χ1v) is 3.87. The number of hydrogen-bond acceptors (Lipinski definition) is 2. The maximum Gasteiger partial charge on any atom is 0.157 e. The van der Waals surface area contributed by atoms with Gasteiger partial charge < -0.3 is 9.47 Å². The van der Waals surface area contributed by atoms with E-state index >= 15 is 0 Å². The summed E-state index contributed by atoms with van der Waals surface area (Å²) in [4.78, 5) is 0. The highest BCUT2D eigenvalue weighted by Crippen LogP contribution is 1.95. The van der Waals surface area contributed by atoms with E-state index in [0.29, 0.717) is 6.61 Å². The molecule has 1 unspecified atom stereocenters. The molecule has 0 fully saturated rings. The molecule has 0 aromatic rings. The second-order valence-corrected chi connectivity index (χ2v) is 2.11. The molecule has 0 aliphatic rings. The summed E-state index contributed by atoms with van der Waals surface area (Å²) < 4.78 is 10.2. The van der Waals surface area contributed by atoms with Gasteiger partial charge in [-0.3, -0.25) is 0 Å². The van der Waals surface area contributed by atoms with Crippen LogP contribution in [0.3, 0.4) is 0 Å². The lowest BCUT2D eigenvalue weighted by Gasteiger charge is -2.11. The largest absolute Gasteiger partial charge is 0.353 e. The van der Waals surface area contributed by atoms with E-state index in [1.54, 1.807) is 0 Å². The third-order valence-electron chi connectivity index (χ3n) is 1.15. The number of rotatable bonds is 6. The first kappa shape index (κ1) is 9.92. The molecule has 0 aliphatic carbocycles. The fraction of sp³-hybridized carbons (Fsp3) is 0.875. The van der Waals surface area contributed by atoms with Gasteiger partial charge in [0.2, 0.25) is 0 Å². The Morgan fingerprint density at radius 2 is 2.00 bits per heavy atom. The summed E-state index contributed by atoms with van der Waals surface area (Å²) in [6, 6.07) is 0. The Morgan fingerprint density at radius 1 is 1.30 bits per heavy atom. The van der Waals surface area contributed by atoms with Crippen LogP contribution in [0.15, 0.2) is 0 Å². The molecular weight excluding hydrogens is 128 g/mol. The van der Waals surface area contributed by atoms with Crippen LogP contribution in [-0.4, -0.2) is 19.5 Å². The zero-order valence-corrected chi connectivity index (χ0v) is 6.93. The summed E-state index contributed by atoms with van der Waals surface area (Å²) in [6.07, 6.45) is 1.95. The molecule has 1 radical (unpaired) electrons. The molecule has 0 rings (SSSR count). The molecule has 0 spiro atoms. The summed E-state index contributed by atoms with van der Waals surface area (Å²) in [5.74, 6) is 0. The molecule has 2 heteroatoms. The van der Waals surface area contributed by atoms with Gasteiger partial charge in [-0.1, -0.05) is 13.3 Å². The van der Waals surface area contributed by atoms with E-state index in [9.17, 15) is 0 Å². The average Bonchev–Trinajstić information content (AvgIpc) is 1.89. The molecule has 0 aliphatic heterocycles. The normalized spacial score (nSPS) is 13.5. The van der Waals surface area contributed by atoms with E-state index in [-0.39, 0.29) is 6.29 Å². The van der Waals surface area contributed by atoms with Gasteiger partial charge in [-0.2, -0.15) is 0 Å². The SMILES string of the molecule is [CH2]C(OCC)OCCCC. The Kier molecular flexibility index (Phi) is 6.98. The van der Waals surface area contributed by atoms with Crippen molar-refractivity contribution in [3.63, 3.8) is 0 Å². The second-order valence-electron chi connectivity index (χ2n) is 2.11. The van der Waals surface area contributed by atoms with Gasteiger partial charge in [0.1, 0.15) is 0 Å². The minimum absolute atomic E-state index is 0.281. The highest BCUT2D eigenvalue weighted by molar-refractivity contribution is 4.44. The van der Waals surface area contributed by atoms with Crippen LogP contribution in [0, 0.1) is 6.92 Å². The maximum absolute atomic E-state index is 5.19. The van der Waals surface area contributed by atoms with Crippen LogP contribution >= 0.6 is 0 Å². The van der Waals surface area contributed by atoms with Crippen molar-refractivity contribution >= 4 is 0 Å². The topological polar surface area (TPSA) is 18.5 Å². The molecule has 0 aromatic carbocycles. The van der Waals surface area contributed by atoms with Crippen molar-refractivity contribution in [2.24, 2.45) is 0 Å². The summed E-state index contributed by atoms with van der Waals surface area (Å²) in [5.41, 5.74) is 0. The van der Waals surface area contributed by atoms with E-state index in [2.05, 4.69) is 13.8 Å². The Labute approximate surface area is 63.5 Å². The number of unbranched alkanes of at least 4 members (excludes halogenated alkanes) is 1. The van der Waals surface area contributed by atoms with Crippen LogP contribution in [0.5, 0.6) is 0 Å². The zero-order valence-electron chi connectivity index (χ0n) is 6.93. The van der Waals surface area contributed by atoms with Gasteiger partial charge in [0.05, 0.1) is 0 Å². The smallest absolute Gasteiger partial charge is 0.157 e. The molecule has 0 aromatic heterocycles. The molecule has 61 valence electrons. The van der Waals surface area contributed by atoms with Gasteiger partial charge in [-0.05, 0) is 13.3 Å². The van der Waals surface area contributed by atoms with E-state index in [1.165, 1.54) is 0 Å². The highest BCUT2D eigenvalue weighted by Gasteiger charge is 1.97. The summed E-state index contributed by atoms with van der Waals surface area (Å²) >= 11 is 0. The fourth-order valence-electron chi connectivity index (χ4n) is 0.593. The Balaban J connectivity index is 2.97. The Morgan fingerprint density at radius 3 is 2.50 bits per heavy atom. The predicted octanol–water partition coefficient (Wildman–Crippen LogP) is 2.00. The van der Waals surface area contributed by atoms with Crippen LogP contribution in [0.2, 0.25) is 0 Å². The number of hydrogen-bond donors (Lipinski definition) is 0. The summed E-state index contributed by atoms with van der Waals surface area (Å²) in [7, 11) is 0. The molecule has 0 amide bonds. The van der Waals surface area contributed by atoms with Crippen molar-refractivity contribution in [2.45, 2.75) is 33.0 Å². The fourth-order valence-corrected chi connectivity index (χ4v) is 0.593. The second kappa shape index (κ2) is 7.03. The molecule has 0 saturated carbocycles. The number of ether oxygens (including phenoxy) is 2. The first-order chi connectivity index (χ1) is 4.81. The van der Waals surface area contributed by atoms with Gasteiger partial charge in [0.15, 0.2) is 6.29 Å². The molecule has 1 atom stereocenters. The van der Waals surface area contributed by atoms with Crippen LogP contribution in [0.25, 0.3) is 0 Å². The maximum atomic E-state index is 5.19. The molecule has 10 heavy (non-hydrogen) atoms. The van der Waals surface area contributed by atoms with Crippen LogP contribution in [-0.2, 0) is 9.47 Å². The summed E-state index contributed by atoms with van der Waals surface area (Å²) in [5, 5.41) is 0. The Bertz CT molecular complexity index is 64.3. The van der Waals surface area contributed by atoms with Gasteiger partial charge in [-0.15, -0.1) is 0 Å². The van der Waals surface area contributed by atoms with Crippen molar-refractivity contribution in [2.75, 3.05) is 13.2 Å². The quantitative estimate of drug-likeness (QED) is 0.420. The minimum atomic E-state index is -0.281. The Hall–Kier alpha value is -0.0800. The average molecular weight is 145 g/mol. The van der Waals surface area contributed by atoms with Crippen molar-refractivity contribution in [1.29, 1.82) is 0 Å². The third-order valence-corrected chi connectivity index (χ3v) is 1.15. The van der Waals surface area contributed by atoms with E-state index < -0.39 is 0 Å². The van der Waals surface area contributed by atoms with Gasteiger partial charge in [0.25, 0.3) is 0 Å². The lowest BCUT2D eigenvalue weighted by Crippen LogP contribution is -2.13. The van der Waals surface area contributed by atoms with Gasteiger partial charge >= 0.3 is 0 Å². The van der Waals surface area contributed by atoms with Gasteiger partial charge in [0, 0.05) is 20.1 Å². The zero-order chi connectivity index (χ0) is 7.82. The molecule has 0 saturated heterocycles. The standard InChI is InChI=1S/C8H17O2/c1-4-6-7-10-8(3)9-5-2/h8H,3-7H2,1-2H3. The van der Waals surface area contributed by atoms with Crippen LogP contribution in [0.4, 0.5) is 0 Å². The lowest BCUT2D eigenvalue weighted by molar-refractivity contribution is -0.110. The van der Waals surface area contributed by atoms with Crippen molar-refractivity contribution in [3.05, 3.63) is 6.92 Å². The predicted molar refractivity (Wildman–Crippen MR) is 41.6 cm³/mol. The van der Waals surface area contributed by atoms with Crippen molar-refractivity contribution in [3.8, 4) is 0 Å². The lowest BCUT2D eigenvalue weighted by atomic mass is 10.4. The van der Waals surface area contributed by atoms with Gasteiger partial charge in [-0.25, -0.2) is 0 Å².